The molecule has 0 N–H and O–H groups in total. The number of aromatic carboxylic acids is 1. The molecule has 6 nitrogen and oxygen atoms in total. The molecule has 3 aromatic rings. The van der Waals surface area contributed by atoms with Crippen molar-refractivity contribution in [3.8, 4) is 5.88 Å². The van der Waals surface area contributed by atoms with Gasteiger partial charge >= 0.3 is 0 Å². The quantitative estimate of drug-likeness (QED) is 0.602. The maximum Gasteiger partial charge on any atom is 0.271 e. The van der Waals surface area contributed by atoms with Crippen LogP contribution in [0, 0.1) is 6.92 Å². The smallest absolute Gasteiger partial charge is 0.271 e. The Bertz CT molecular complexity index is 1030. The summed E-state index contributed by atoms with van der Waals surface area (Å²) < 4.78 is 7.29. The maximum atomic E-state index is 12.6. The lowest BCUT2D eigenvalue weighted by atomic mass is 10.1. The second-order valence-corrected chi connectivity index (χ2v) is 6.80. The van der Waals surface area contributed by atoms with Crippen LogP contribution >= 0.6 is 15.9 Å². The Hall–Kier alpha value is -2.93. The Kier molecular flexibility index (Phi) is 5.71. The zero-order chi connectivity index (χ0) is 19.4. The fourth-order valence-corrected chi connectivity index (χ4v) is 3.08. The highest BCUT2D eigenvalue weighted by atomic mass is 79.9. The summed E-state index contributed by atoms with van der Waals surface area (Å²) in [6.07, 6.45) is 1.41. The molecule has 1 aromatic heterocycles. The summed E-state index contributed by atoms with van der Waals surface area (Å²) in [7, 11) is 0. The summed E-state index contributed by atoms with van der Waals surface area (Å²) in [5.41, 5.74) is 2.19. The Labute approximate surface area is 164 Å². The van der Waals surface area contributed by atoms with Crippen LogP contribution in [-0.4, -0.2) is 15.5 Å². The van der Waals surface area contributed by atoms with E-state index in [1.165, 1.54) is 17.0 Å². The number of rotatable bonds is 6. The number of aromatic nitrogens is 2. The molecule has 138 valence electrons. The minimum atomic E-state index is -1.22. The van der Waals surface area contributed by atoms with Crippen molar-refractivity contribution in [1.82, 2.24) is 9.55 Å². The van der Waals surface area contributed by atoms with Gasteiger partial charge < -0.3 is 14.6 Å². The van der Waals surface area contributed by atoms with Gasteiger partial charge in [-0.2, -0.15) is 0 Å². The van der Waals surface area contributed by atoms with Crippen molar-refractivity contribution in [2.45, 2.75) is 20.1 Å². The van der Waals surface area contributed by atoms with E-state index >= 15 is 0 Å². The normalized spacial score (nSPS) is 10.6. The van der Waals surface area contributed by atoms with Gasteiger partial charge in [-0.05, 0) is 39.5 Å². The molecule has 0 saturated carbocycles. The van der Waals surface area contributed by atoms with Crippen LogP contribution in [0.15, 0.2) is 64.1 Å². The molecule has 3 rings (SSSR count). The van der Waals surface area contributed by atoms with Crippen molar-refractivity contribution in [3.63, 3.8) is 0 Å². The third-order valence-electron chi connectivity index (χ3n) is 4.03. The van der Waals surface area contributed by atoms with Gasteiger partial charge in [0.1, 0.15) is 17.4 Å². The van der Waals surface area contributed by atoms with Gasteiger partial charge in [0, 0.05) is 5.56 Å². The standard InChI is InChI=1S/C20H17BrN2O4/c1-13-9-15(7-8-16(13)20(25)26)10-23-12-22-18(17(21)19(23)24)27-11-14-5-3-2-4-6-14/h2-9,12H,10-11H2,1H3,(H,25,26)/p-1. The van der Waals surface area contributed by atoms with Crippen molar-refractivity contribution < 1.29 is 14.6 Å². The number of benzene rings is 2. The Balaban J connectivity index is 1.78. The largest absolute Gasteiger partial charge is 0.545 e. The van der Waals surface area contributed by atoms with Gasteiger partial charge in [-0.15, -0.1) is 0 Å². The Morgan fingerprint density at radius 2 is 1.93 bits per heavy atom. The third kappa shape index (κ3) is 4.43. The number of carbonyl (C=O) groups excluding carboxylic acids is 1. The zero-order valence-electron chi connectivity index (χ0n) is 14.5. The number of carboxylic acids is 1. The average molecular weight is 428 g/mol. The number of hydrogen-bond acceptors (Lipinski definition) is 5. The lowest BCUT2D eigenvalue weighted by Crippen LogP contribution is -2.24. The molecule has 0 saturated heterocycles. The van der Waals surface area contributed by atoms with Crippen LogP contribution in [0.5, 0.6) is 5.88 Å². The van der Waals surface area contributed by atoms with Gasteiger partial charge in [-0.1, -0.05) is 48.5 Å². The molecule has 0 aliphatic carbocycles. The molecule has 0 spiro atoms. The van der Waals surface area contributed by atoms with Crippen molar-refractivity contribution in [1.29, 1.82) is 0 Å². The first kappa shape index (κ1) is 18.8. The van der Waals surface area contributed by atoms with Crippen molar-refractivity contribution in [2.75, 3.05) is 0 Å². The lowest BCUT2D eigenvalue weighted by molar-refractivity contribution is -0.255. The lowest BCUT2D eigenvalue weighted by Gasteiger charge is -2.12. The van der Waals surface area contributed by atoms with E-state index in [2.05, 4.69) is 20.9 Å². The second kappa shape index (κ2) is 8.18. The fourth-order valence-electron chi connectivity index (χ4n) is 2.64. The van der Waals surface area contributed by atoms with Crippen LogP contribution in [0.1, 0.15) is 27.0 Å². The molecule has 0 fully saturated rings. The molecule has 27 heavy (non-hydrogen) atoms. The van der Waals surface area contributed by atoms with E-state index in [0.717, 1.165) is 11.1 Å². The topological polar surface area (TPSA) is 84.2 Å². The maximum absolute atomic E-state index is 12.6. The summed E-state index contributed by atoms with van der Waals surface area (Å²) in [5.74, 6) is -0.996. The average Bonchev–Trinajstić information content (AvgIpc) is 2.65. The Morgan fingerprint density at radius 3 is 2.59 bits per heavy atom. The van der Waals surface area contributed by atoms with Gasteiger partial charge in [0.05, 0.1) is 12.5 Å². The van der Waals surface area contributed by atoms with Gasteiger partial charge in [-0.3, -0.25) is 9.36 Å². The SMILES string of the molecule is Cc1cc(Cn2cnc(OCc3ccccc3)c(Br)c2=O)ccc1C(=O)[O-]. The summed E-state index contributed by atoms with van der Waals surface area (Å²) in [6, 6.07) is 14.4. The number of hydrogen-bond donors (Lipinski definition) is 0. The fraction of sp³-hybridized carbons (Fsp3) is 0.150. The van der Waals surface area contributed by atoms with Crippen LogP contribution in [0.2, 0.25) is 0 Å². The number of ether oxygens (including phenoxy) is 1. The Morgan fingerprint density at radius 1 is 1.19 bits per heavy atom. The molecule has 7 heteroatoms. The number of nitrogens with zero attached hydrogens (tertiary/aromatic N) is 2. The molecule has 0 atom stereocenters. The van der Waals surface area contributed by atoms with Crippen LogP contribution in [0.25, 0.3) is 0 Å². The van der Waals surface area contributed by atoms with E-state index in [0.29, 0.717) is 12.2 Å². The van der Waals surface area contributed by atoms with Crippen LogP contribution in [0.3, 0.4) is 0 Å². The highest BCUT2D eigenvalue weighted by Crippen LogP contribution is 2.19. The molecule has 0 aliphatic heterocycles. The van der Waals surface area contributed by atoms with E-state index in [4.69, 9.17) is 4.74 Å². The second-order valence-electron chi connectivity index (χ2n) is 6.01. The molecular weight excluding hydrogens is 412 g/mol. The number of carbonyl (C=O) groups is 1. The molecule has 0 radical (unpaired) electrons. The predicted octanol–water partition coefficient (Wildman–Crippen LogP) is 2.31. The number of aryl methyl sites for hydroxylation is 1. The van der Waals surface area contributed by atoms with E-state index in [1.54, 1.807) is 19.1 Å². The molecular formula is C20H16BrN2O4-. The van der Waals surface area contributed by atoms with E-state index < -0.39 is 5.97 Å². The van der Waals surface area contributed by atoms with E-state index in [1.807, 2.05) is 30.3 Å². The molecule has 0 aliphatic rings. The minimum absolute atomic E-state index is 0.134. The van der Waals surface area contributed by atoms with E-state index in [-0.39, 0.29) is 28.0 Å². The highest BCUT2D eigenvalue weighted by Gasteiger charge is 2.11. The van der Waals surface area contributed by atoms with Gasteiger partial charge in [0.2, 0.25) is 5.88 Å². The first-order valence-corrected chi connectivity index (χ1v) is 8.97. The summed E-state index contributed by atoms with van der Waals surface area (Å²) in [4.78, 5) is 27.8. The van der Waals surface area contributed by atoms with Gasteiger partial charge in [0.25, 0.3) is 5.56 Å². The van der Waals surface area contributed by atoms with Crippen molar-refractivity contribution in [3.05, 3.63) is 91.9 Å². The zero-order valence-corrected chi connectivity index (χ0v) is 16.1. The molecule has 0 unspecified atom stereocenters. The van der Waals surface area contributed by atoms with E-state index in [9.17, 15) is 14.7 Å². The van der Waals surface area contributed by atoms with Crippen molar-refractivity contribution >= 4 is 21.9 Å². The molecule has 0 bridgehead atoms. The number of halogens is 1. The first-order valence-electron chi connectivity index (χ1n) is 8.18. The monoisotopic (exact) mass is 427 g/mol. The van der Waals surface area contributed by atoms with Gasteiger partial charge in [-0.25, -0.2) is 4.98 Å². The molecule has 0 amide bonds. The van der Waals surface area contributed by atoms with Crippen LogP contribution in [-0.2, 0) is 13.2 Å². The third-order valence-corrected chi connectivity index (χ3v) is 4.71. The number of carboxylic acid groups (broad SMARTS) is 1. The van der Waals surface area contributed by atoms with Crippen LogP contribution in [0.4, 0.5) is 0 Å². The summed E-state index contributed by atoms with van der Waals surface area (Å²) in [5, 5.41) is 11.0. The van der Waals surface area contributed by atoms with Crippen LogP contribution < -0.4 is 15.4 Å². The first-order chi connectivity index (χ1) is 13.0. The summed E-state index contributed by atoms with van der Waals surface area (Å²) in [6.45, 7) is 2.25. The predicted molar refractivity (Wildman–Crippen MR) is 102 cm³/mol. The molecule has 2 aromatic carbocycles. The van der Waals surface area contributed by atoms with Crippen molar-refractivity contribution in [2.24, 2.45) is 0 Å². The van der Waals surface area contributed by atoms with Gasteiger partial charge in [0.15, 0.2) is 0 Å². The summed E-state index contributed by atoms with van der Waals surface area (Å²) >= 11 is 3.26. The highest BCUT2D eigenvalue weighted by molar-refractivity contribution is 9.10. The minimum Gasteiger partial charge on any atom is -0.545 e. The molecule has 1 heterocycles.